The Morgan fingerprint density at radius 3 is 2.30 bits per heavy atom. The van der Waals surface area contributed by atoms with Gasteiger partial charge in [-0.25, -0.2) is 4.79 Å². The highest BCUT2D eigenvalue weighted by atomic mass is 16.5. The number of aryl methyl sites for hydroxylation is 1. The lowest BCUT2D eigenvalue weighted by Gasteiger charge is -2.20. The first-order valence-corrected chi connectivity index (χ1v) is 10.6. The monoisotopic (exact) mass is 440 g/mol. The summed E-state index contributed by atoms with van der Waals surface area (Å²) in [6.45, 7) is 1.42. The number of nitrogens with one attached hydrogen (secondary N) is 1. The molecule has 0 saturated heterocycles. The van der Waals surface area contributed by atoms with E-state index >= 15 is 0 Å². The van der Waals surface area contributed by atoms with E-state index in [4.69, 9.17) is 9.47 Å². The number of carbonyl (C=O) groups excluding carboxylic acids is 2. The van der Waals surface area contributed by atoms with Crippen LogP contribution in [-0.4, -0.2) is 30.6 Å². The number of amides is 1. The standard InChI is InChI=1S/C27H24N2O4/c1-18-16-23(22-10-6-7-11-24(22)28-18)27(31)33-17-25(30)29-26(19-8-4-3-5-9-19)20-12-14-21(32-2)15-13-20/h3-16,26H,17H2,1-2H3,(H,29,30). The number of aromatic nitrogens is 1. The van der Waals surface area contributed by atoms with E-state index in [1.807, 2.05) is 85.8 Å². The van der Waals surface area contributed by atoms with E-state index in [0.717, 1.165) is 16.9 Å². The second-order valence-electron chi connectivity index (χ2n) is 7.59. The molecular weight excluding hydrogens is 416 g/mol. The molecule has 0 aliphatic rings. The maximum Gasteiger partial charge on any atom is 0.339 e. The van der Waals surface area contributed by atoms with Crippen molar-refractivity contribution in [2.75, 3.05) is 13.7 Å². The van der Waals surface area contributed by atoms with Gasteiger partial charge in [0, 0.05) is 11.1 Å². The number of hydrogen-bond acceptors (Lipinski definition) is 5. The summed E-state index contributed by atoms with van der Waals surface area (Å²) in [5.41, 5.74) is 3.60. The van der Waals surface area contributed by atoms with Gasteiger partial charge in [0.2, 0.25) is 0 Å². The number of hydrogen-bond donors (Lipinski definition) is 1. The van der Waals surface area contributed by atoms with Crippen molar-refractivity contribution in [3.8, 4) is 5.75 Å². The SMILES string of the molecule is COc1ccc(C(NC(=O)COC(=O)c2cc(C)nc3ccccc23)c2ccccc2)cc1. The number of methoxy groups -OCH3 is 1. The van der Waals surface area contributed by atoms with Crippen LogP contribution in [0.25, 0.3) is 10.9 Å². The Kier molecular flexibility index (Phi) is 6.64. The van der Waals surface area contributed by atoms with Crippen molar-refractivity contribution >= 4 is 22.8 Å². The Labute approximate surface area is 192 Å². The van der Waals surface area contributed by atoms with Crippen LogP contribution in [-0.2, 0) is 9.53 Å². The van der Waals surface area contributed by atoms with Gasteiger partial charge < -0.3 is 14.8 Å². The van der Waals surface area contributed by atoms with Crippen molar-refractivity contribution < 1.29 is 19.1 Å². The molecule has 166 valence electrons. The first kappa shape index (κ1) is 22.0. The fourth-order valence-electron chi connectivity index (χ4n) is 3.69. The Hall–Kier alpha value is -4.19. The van der Waals surface area contributed by atoms with Gasteiger partial charge >= 0.3 is 5.97 Å². The minimum atomic E-state index is -0.562. The Balaban J connectivity index is 1.49. The average molecular weight is 440 g/mol. The van der Waals surface area contributed by atoms with E-state index < -0.39 is 24.5 Å². The fraction of sp³-hybridized carbons (Fsp3) is 0.148. The van der Waals surface area contributed by atoms with Crippen LogP contribution in [0, 0.1) is 6.92 Å². The van der Waals surface area contributed by atoms with E-state index in [9.17, 15) is 9.59 Å². The van der Waals surface area contributed by atoms with E-state index in [2.05, 4.69) is 10.3 Å². The highest BCUT2D eigenvalue weighted by Crippen LogP contribution is 2.24. The zero-order chi connectivity index (χ0) is 23.2. The largest absolute Gasteiger partial charge is 0.497 e. The Bertz CT molecular complexity index is 1270. The topological polar surface area (TPSA) is 77.5 Å². The molecule has 1 amide bonds. The van der Waals surface area contributed by atoms with Crippen molar-refractivity contribution in [2.24, 2.45) is 0 Å². The van der Waals surface area contributed by atoms with E-state index in [1.165, 1.54) is 0 Å². The van der Waals surface area contributed by atoms with Crippen LogP contribution in [0.15, 0.2) is 84.9 Å². The molecule has 6 nitrogen and oxygen atoms in total. The molecule has 33 heavy (non-hydrogen) atoms. The van der Waals surface area contributed by atoms with Crippen LogP contribution >= 0.6 is 0 Å². The summed E-state index contributed by atoms with van der Waals surface area (Å²) in [6.07, 6.45) is 0. The average Bonchev–Trinajstić information content (AvgIpc) is 2.86. The molecule has 0 bridgehead atoms. The third kappa shape index (κ3) is 5.18. The van der Waals surface area contributed by atoms with Crippen molar-refractivity contribution in [3.05, 3.63) is 107 Å². The second kappa shape index (κ2) is 9.96. The van der Waals surface area contributed by atoms with Gasteiger partial charge in [-0.3, -0.25) is 9.78 Å². The summed E-state index contributed by atoms with van der Waals surface area (Å²) in [5.74, 6) is -0.235. The smallest absolute Gasteiger partial charge is 0.339 e. The van der Waals surface area contributed by atoms with Crippen LogP contribution < -0.4 is 10.1 Å². The minimum absolute atomic E-state index is 0.390. The van der Waals surface area contributed by atoms with Crippen molar-refractivity contribution in [2.45, 2.75) is 13.0 Å². The predicted molar refractivity (Wildman–Crippen MR) is 126 cm³/mol. The van der Waals surface area contributed by atoms with E-state index in [1.54, 1.807) is 13.2 Å². The van der Waals surface area contributed by atoms with Crippen LogP contribution in [0.5, 0.6) is 5.75 Å². The number of carbonyl (C=O) groups is 2. The molecule has 4 aromatic rings. The van der Waals surface area contributed by atoms with Crippen LogP contribution in [0.4, 0.5) is 0 Å². The number of rotatable bonds is 7. The van der Waals surface area contributed by atoms with Crippen molar-refractivity contribution in [3.63, 3.8) is 0 Å². The number of benzene rings is 3. The molecule has 0 radical (unpaired) electrons. The second-order valence-corrected chi connectivity index (χ2v) is 7.59. The normalized spacial score (nSPS) is 11.6. The van der Waals surface area contributed by atoms with Gasteiger partial charge in [-0.05, 0) is 42.3 Å². The zero-order valence-electron chi connectivity index (χ0n) is 18.4. The summed E-state index contributed by atoms with van der Waals surface area (Å²) in [5, 5.41) is 3.66. The van der Waals surface area contributed by atoms with E-state index in [0.29, 0.717) is 22.2 Å². The molecule has 0 spiro atoms. The van der Waals surface area contributed by atoms with Crippen LogP contribution in [0.2, 0.25) is 0 Å². The number of para-hydroxylation sites is 1. The molecule has 1 unspecified atom stereocenters. The van der Waals surface area contributed by atoms with Crippen LogP contribution in [0.3, 0.4) is 0 Å². The van der Waals surface area contributed by atoms with Gasteiger partial charge in [-0.2, -0.15) is 0 Å². The molecule has 6 heteroatoms. The molecule has 0 aliphatic heterocycles. The summed E-state index contributed by atoms with van der Waals surface area (Å²) in [6, 6.07) is 25.7. The lowest BCUT2D eigenvalue weighted by molar-refractivity contribution is -0.124. The van der Waals surface area contributed by atoms with Gasteiger partial charge in [0.25, 0.3) is 5.91 Å². The first-order chi connectivity index (χ1) is 16.0. The zero-order valence-corrected chi connectivity index (χ0v) is 18.4. The molecule has 1 atom stereocenters. The molecule has 1 N–H and O–H groups in total. The van der Waals surface area contributed by atoms with Crippen molar-refractivity contribution in [1.29, 1.82) is 0 Å². The predicted octanol–water partition coefficient (Wildman–Crippen LogP) is 4.61. The number of esters is 1. The van der Waals surface area contributed by atoms with Gasteiger partial charge in [0.1, 0.15) is 5.75 Å². The first-order valence-electron chi connectivity index (χ1n) is 10.6. The van der Waals surface area contributed by atoms with Gasteiger partial charge in [-0.15, -0.1) is 0 Å². The summed E-state index contributed by atoms with van der Waals surface area (Å²) < 4.78 is 10.6. The molecule has 0 saturated carbocycles. The minimum Gasteiger partial charge on any atom is -0.497 e. The molecule has 0 fully saturated rings. The summed E-state index contributed by atoms with van der Waals surface area (Å²) in [7, 11) is 1.60. The quantitative estimate of drug-likeness (QED) is 0.425. The number of nitrogens with zero attached hydrogens (tertiary/aromatic N) is 1. The highest BCUT2D eigenvalue weighted by Gasteiger charge is 2.19. The lowest BCUT2D eigenvalue weighted by Crippen LogP contribution is -2.33. The van der Waals surface area contributed by atoms with Crippen LogP contribution in [0.1, 0.15) is 33.2 Å². The number of ether oxygens (including phenoxy) is 2. The maximum atomic E-state index is 12.8. The summed E-state index contributed by atoms with van der Waals surface area (Å²) in [4.78, 5) is 30.0. The van der Waals surface area contributed by atoms with E-state index in [-0.39, 0.29) is 0 Å². The highest BCUT2D eigenvalue weighted by molar-refractivity contribution is 6.04. The molecule has 1 aromatic heterocycles. The fourth-order valence-corrected chi connectivity index (χ4v) is 3.69. The maximum absolute atomic E-state index is 12.8. The van der Waals surface area contributed by atoms with Crippen molar-refractivity contribution in [1.82, 2.24) is 10.3 Å². The molecule has 0 aliphatic carbocycles. The Morgan fingerprint density at radius 1 is 0.909 bits per heavy atom. The third-order valence-corrected chi connectivity index (χ3v) is 5.29. The summed E-state index contributed by atoms with van der Waals surface area (Å²) >= 11 is 0. The third-order valence-electron chi connectivity index (χ3n) is 5.29. The molecule has 1 heterocycles. The number of fused-ring (bicyclic) bond motifs is 1. The lowest BCUT2D eigenvalue weighted by atomic mass is 9.98. The van der Waals surface area contributed by atoms with Gasteiger partial charge in [-0.1, -0.05) is 60.7 Å². The molecular formula is C27H24N2O4. The number of pyridine rings is 1. The van der Waals surface area contributed by atoms with Gasteiger partial charge in [0.05, 0.1) is 24.2 Å². The van der Waals surface area contributed by atoms with Gasteiger partial charge in [0.15, 0.2) is 6.61 Å². The molecule has 4 rings (SSSR count). The Morgan fingerprint density at radius 2 is 1.58 bits per heavy atom. The molecule has 3 aromatic carbocycles.